The summed E-state index contributed by atoms with van der Waals surface area (Å²) in [4.78, 5) is 38.5. The van der Waals surface area contributed by atoms with Crippen molar-refractivity contribution in [1.82, 2.24) is 19.7 Å². The molecule has 2 fully saturated rings. The van der Waals surface area contributed by atoms with Gasteiger partial charge in [0.1, 0.15) is 5.69 Å². The standard InChI is InChI=1S/C30H37N5O2/c1-22-10-11-24-21-27(31-26(24)20-22)29(36)34-13-5-8-25(34)12-15-32-16-18-33(19-17-32)30(37)35-14-4-7-23-6-2-3-9-28(23)35/h2-3,6,9-11,20-21,25,31H,4-5,7-8,12-19H2,1H3/t25-/m0/s1. The van der Waals surface area contributed by atoms with E-state index in [0.29, 0.717) is 5.69 Å². The maximum absolute atomic E-state index is 13.4. The van der Waals surface area contributed by atoms with Gasteiger partial charge in [0, 0.05) is 68.4 Å². The van der Waals surface area contributed by atoms with Crippen LogP contribution in [-0.2, 0) is 6.42 Å². The number of nitrogens with zero attached hydrogens (tertiary/aromatic N) is 4. The number of likely N-dealkylation sites (tertiary alicyclic amines) is 1. The predicted molar refractivity (Wildman–Crippen MR) is 147 cm³/mol. The average molecular weight is 500 g/mol. The molecule has 194 valence electrons. The number of nitrogens with one attached hydrogen (secondary N) is 1. The first-order valence-corrected chi connectivity index (χ1v) is 13.8. The van der Waals surface area contributed by atoms with E-state index in [4.69, 9.17) is 0 Å². The van der Waals surface area contributed by atoms with Crippen LogP contribution in [0.15, 0.2) is 48.5 Å². The fourth-order valence-corrected chi connectivity index (χ4v) is 6.31. The summed E-state index contributed by atoms with van der Waals surface area (Å²) in [5.41, 5.74) is 5.27. The number of H-pyrrole nitrogens is 1. The Morgan fingerprint density at radius 2 is 1.78 bits per heavy atom. The number of hydrogen-bond acceptors (Lipinski definition) is 3. The van der Waals surface area contributed by atoms with Crippen LogP contribution in [0.1, 0.15) is 47.3 Å². The Morgan fingerprint density at radius 3 is 2.65 bits per heavy atom. The van der Waals surface area contributed by atoms with E-state index in [1.165, 1.54) is 11.1 Å². The van der Waals surface area contributed by atoms with Crippen LogP contribution >= 0.6 is 0 Å². The average Bonchev–Trinajstić information content (AvgIpc) is 3.58. The number of carbonyl (C=O) groups excluding carboxylic acids is 2. The molecule has 3 aromatic rings. The van der Waals surface area contributed by atoms with Crippen molar-refractivity contribution >= 4 is 28.5 Å². The zero-order chi connectivity index (χ0) is 25.4. The number of benzene rings is 2. The van der Waals surface area contributed by atoms with E-state index in [2.05, 4.69) is 58.1 Å². The number of piperazine rings is 1. The fourth-order valence-electron chi connectivity index (χ4n) is 6.31. The molecule has 3 amide bonds. The second-order valence-corrected chi connectivity index (χ2v) is 10.9. The van der Waals surface area contributed by atoms with Crippen molar-refractivity contribution < 1.29 is 9.59 Å². The Hall–Kier alpha value is -3.32. The molecule has 6 rings (SSSR count). The highest BCUT2D eigenvalue weighted by Gasteiger charge is 2.32. The zero-order valence-corrected chi connectivity index (χ0v) is 21.8. The molecule has 0 radical (unpaired) electrons. The van der Waals surface area contributed by atoms with Crippen molar-refractivity contribution in [2.45, 2.75) is 45.1 Å². The summed E-state index contributed by atoms with van der Waals surface area (Å²) >= 11 is 0. The SMILES string of the molecule is Cc1ccc2cc(C(=O)N3CCC[C@H]3CCN3CCN(C(=O)N4CCCc5ccccc54)CC3)[nH]c2c1. The number of aromatic amines is 1. The third kappa shape index (κ3) is 4.85. The van der Waals surface area contributed by atoms with Gasteiger partial charge in [-0.1, -0.05) is 30.3 Å². The first-order chi connectivity index (χ1) is 18.1. The number of anilines is 1. The van der Waals surface area contributed by atoms with Crippen LogP contribution in [0.25, 0.3) is 10.9 Å². The Kier molecular flexibility index (Phi) is 6.63. The van der Waals surface area contributed by atoms with Crippen LogP contribution in [0.5, 0.6) is 0 Å². The van der Waals surface area contributed by atoms with Gasteiger partial charge in [-0.15, -0.1) is 0 Å². The monoisotopic (exact) mass is 499 g/mol. The molecule has 7 nitrogen and oxygen atoms in total. The molecule has 2 aromatic carbocycles. The first-order valence-electron chi connectivity index (χ1n) is 13.8. The third-order valence-corrected chi connectivity index (χ3v) is 8.41. The maximum atomic E-state index is 13.4. The van der Waals surface area contributed by atoms with Crippen molar-refractivity contribution in [2.75, 3.05) is 50.7 Å². The summed E-state index contributed by atoms with van der Waals surface area (Å²) in [6.45, 7) is 7.98. The molecular formula is C30H37N5O2. The fraction of sp³-hybridized carbons (Fsp3) is 0.467. The van der Waals surface area contributed by atoms with Crippen molar-refractivity contribution in [3.05, 3.63) is 65.4 Å². The summed E-state index contributed by atoms with van der Waals surface area (Å²) < 4.78 is 0. The van der Waals surface area contributed by atoms with Gasteiger partial charge in [0.2, 0.25) is 0 Å². The number of urea groups is 1. The summed E-state index contributed by atoms with van der Waals surface area (Å²) in [6.07, 6.45) is 5.19. The van der Waals surface area contributed by atoms with E-state index in [1.807, 2.05) is 21.9 Å². The van der Waals surface area contributed by atoms with Crippen LogP contribution in [0.3, 0.4) is 0 Å². The second-order valence-electron chi connectivity index (χ2n) is 10.9. The largest absolute Gasteiger partial charge is 0.351 e. The molecule has 4 heterocycles. The normalized spacial score (nSPS) is 20.5. The molecule has 1 atom stereocenters. The first kappa shape index (κ1) is 24.0. The minimum absolute atomic E-state index is 0.119. The molecule has 7 heteroatoms. The van der Waals surface area contributed by atoms with Crippen molar-refractivity contribution in [1.29, 1.82) is 0 Å². The van der Waals surface area contributed by atoms with Gasteiger partial charge < -0.3 is 14.8 Å². The molecule has 0 aliphatic carbocycles. The van der Waals surface area contributed by atoms with Gasteiger partial charge in [-0.2, -0.15) is 0 Å². The molecular weight excluding hydrogens is 462 g/mol. The quantitative estimate of drug-likeness (QED) is 0.568. The number of para-hydroxylation sites is 1. The summed E-state index contributed by atoms with van der Waals surface area (Å²) in [6, 6.07) is 17.0. The topological polar surface area (TPSA) is 62.9 Å². The lowest BCUT2D eigenvalue weighted by atomic mass is 10.0. The highest BCUT2D eigenvalue weighted by Crippen LogP contribution is 2.28. The lowest BCUT2D eigenvalue weighted by Gasteiger charge is -2.39. The smallest absolute Gasteiger partial charge is 0.324 e. The number of fused-ring (bicyclic) bond motifs is 2. The van der Waals surface area contributed by atoms with E-state index in [1.54, 1.807) is 0 Å². The molecule has 0 spiro atoms. The Labute approximate surface area is 219 Å². The molecule has 0 unspecified atom stereocenters. The third-order valence-electron chi connectivity index (χ3n) is 8.41. The minimum Gasteiger partial charge on any atom is -0.351 e. The summed E-state index contributed by atoms with van der Waals surface area (Å²) in [7, 11) is 0. The predicted octanol–water partition coefficient (Wildman–Crippen LogP) is 4.66. The van der Waals surface area contributed by atoms with E-state index >= 15 is 0 Å². The van der Waals surface area contributed by atoms with Gasteiger partial charge in [0.05, 0.1) is 0 Å². The summed E-state index contributed by atoms with van der Waals surface area (Å²) in [5.74, 6) is 0.119. The van der Waals surface area contributed by atoms with Crippen LogP contribution in [0.2, 0.25) is 0 Å². The van der Waals surface area contributed by atoms with Gasteiger partial charge >= 0.3 is 6.03 Å². The van der Waals surface area contributed by atoms with E-state index in [9.17, 15) is 9.59 Å². The van der Waals surface area contributed by atoms with Crippen LogP contribution in [0.4, 0.5) is 10.5 Å². The molecule has 1 aromatic heterocycles. The zero-order valence-electron chi connectivity index (χ0n) is 21.8. The van der Waals surface area contributed by atoms with Crippen molar-refractivity contribution in [3.63, 3.8) is 0 Å². The van der Waals surface area contributed by atoms with Crippen molar-refractivity contribution in [2.24, 2.45) is 0 Å². The van der Waals surface area contributed by atoms with Gasteiger partial charge in [-0.25, -0.2) is 4.79 Å². The molecule has 37 heavy (non-hydrogen) atoms. The molecule has 0 saturated carbocycles. The lowest BCUT2D eigenvalue weighted by Crippen LogP contribution is -2.54. The van der Waals surface area contributed by atoms with Gasteiger partial charge in [0.15, 0.2) is 0 Å². The van der Waals surface area contributed by atoms with Crippen LogP contribution in [0, 0.1) is 6.92 Å². The number of hydrogen-bond donors (Lipinski definition) is 1. The molecule has 1 N–H and O–H groups in total. The Balaban J connectivity index is 1.02. The number of amides is 3. The Bertz CT molecular complexity index is 1290. The second kappa shape index (κ2) is 10.2. The van der Waals surface area contributed by atoms with Gasteiger partial charge in [-0.05, 0) is 68.4 Å². The number of rotatable bonds is 4. The Morgan fingerprint density at radius 1 is 0.946 bits per heavy atom. The van der Waals surface area contributed by atoms with Gasteiger partial charge in [0.25, 0.3) is 5.91 Å². The lowest BCUT2D eigenvalue weighted by molar-refractivity contribution is 0.0707. The number of carbonyl (C=O) groups is 2. The molecule has 3 aliphatic heterocycles. The highest BCUT2D eigenvalue weighted by atomic mass is 16.2. The molecule has 2 saturated heterocycles. The summed E-state index contributed by atoms with van der Waals surface area (Å²) in [5, 5.41) is 1.09. The van der Waals surface area contributed by atoms with E-state index in [-0.39, 0.29) is 18.0 Å². The molecule has 3 aliphatic rings. The minimum atomic E-state index is 0.119. The number of aryl methyl sites for hydroxylation is 2. The highest BCUT2D eigenvalue weighted by molar-refractivity contribution is 5.98. The van der Waals surface area contributed by atoms with Gasteiger partial charge in [-0.3, -0.25) is 14.6 Å². The van der Waals surface area contributed by atoms with Crippen LogP contribution < -0.4 is 4.90 Å². The molecule has 0 bridgehead atoms. The van der Waals surface area contributed by atoms with E-state index < -0.39 is 0 Å². The van der Waals surface area contributed by atoms with Crippen LogP contribution in [-0.4, -0.2) is 83.5 Å². The van der Waals surface area contributed by atoms with E-state index in [0.717, 1.165) is 94.5 Å². The van der Waals surface area contributed by atoms with Crippen molar-refractivity contribution in [3.8, 4) is 0 Å². The number of aromatic nitrogens is 1. The maximum Gasteiger partial charge on any atom is 0.324 e.